The molecule has 84 valence electrons. The van der Waals surface area contributed by atoms with Gasteiger partial charge in [0.2, 0.25) is 0 Å². The lowest BCUT2D eigenvalue weighted by Crippen LogP contribution is -2.47. The largest absolute Gasteiger partial charge is 0.379 e. The summed E-state index contributed by atoms with van der Waals surface area (Å²) in [6, 6.07) is 0.568. The van der Waals surface area contributed by atoms with Gasteiger partial charge in [-0.15, -0.1) is 0 Å². The van der Waals surface area contributed by atoms with Crippen LogP contribution in [-0.4, -0.2) is 55.3 Å². The van der Waals surface area contributed by atoms with E-state index in [-0.39, 0.29) is 0 Å². The van der Waals surface area contributed by atoms with Crippen LogP contribution in [0.4, 0.5) is 0 Å². The van der Waals surface area contributed by atoms with E-state index in [1.54, 1.807) is 0 Å². The topological polar surface area (TPSA) is 38.5 Å². The first-order valence-electron chi connectivity index (χ1n) is 5.48. The minimum atomic E-state index is 0.568. The predicted molar refractivity (Wildman–Crippen MR) is 62.9 cm³/mol. The van der Waals surface area contributed by atoms with Gasteiger partial charge in [0, 0.05) is 25.7 Å². The van der Waals surface area contributed by atoms with Crippen LogP contribution in [0.3, 0.4) is 0 Å². The van der Waals surface area contributed by atoms with E-state index < -0.39 is 0 Å². The van der Waals surface area contributed by atoms with Gasteiger partial charge in [0.05, 0.1) is 13.2 Å². The molecule has 1 aliphatic heterocycles. The van der Waals surface area contributed by atoms with E-state index in [9.17, 15) is 0 Å². The van der Waals surface area contributed by atoms with E-state index in [1.807, 2.05) is 11.8 Å². The van der Waals surface area contributed by atoms with Gasteiger partial charge in [0.1, 0.15) is 0 Å². The average Bonchev–Trinajstić information content (AvgIpc) is 2.26. The molecule has 1 fully saturated rings. The molecule has 1 unspecified atom stereocenters. The molecule has 4 heteroatoms. The molecular formula is C10H22N2OS. The van der Waals surface area contributed by atoms with Crippen molar-refractivity contribution in [3.63, 3.8) is 0 Å². The molecule has 1 atom stereocenters. The molecule has 0 radical (unpaired) electrons. The number of hydrogen-bond donors (Lipinski definition) is 1. The van der Waals surface area contributed by atoms with Gasteiger partial charge < -0.3 is 10.5 Å². The molecule has 0 aromatic heterocycles. The standard InChI is InChI=1S/C10H22N2OS/c1-2-14-8-3-10(9-11)12-4-6-13-7-5-12/h10H,2-9,11H2,1H3. The lowest BCUT2D eigenvalue weighted by atomic mass is 10.2. The third-order valence-electron chi connectivity index (χ3n) is 2.63. The van der Waals surface area contributed by atoms with Crippen molar-refractivity contribution >= 4 is 11.8 Å². The molecule has 0 aromatic rings. The zero-order valence-corrected chi connectivity index (χ0v) is 9.89. The molecule has 0 amide bonds. The Kier molecular flexibility index (Phi) is 6.60. The first-order valence-corrected chi connectivity index (χ1v) is 6.63. The van der Waals surface area contributed by atoms with Crippen LogP contribution in [0.25, 0.3) is 0 Å². The monoisotopic (exact) mass is 218 g/mol. The Bertz CT molecular complexity index is 140. The fraction of sp³-hybridized carbons (Fsp3) is 1.00. The summed E-state index contributed by atoms with van der Waals surface area (Å²) in [5.41, 5.74) is 5.79. The molecule has 0 spiro atoms. The number of nitrogens with zero attached hydrogens (tertiary/aromatic N) is 1. The third-order valence-corrected chi connectivity index (χ3v) is 3.57. The zero-order chi connectivity index (χ0) is 10.2. The van der Waals surface area contributed by atoms with Gasteiger partial charge in [-0.3, -0.25) is 4.90 Å². The normalized spacial score (nSPS) is 21.0. The van der Waals surface area contributed by atoms with Crippen molar-refractivity contribution < 1.29 is 4.74 Å². The van der Waals surface area contributed by atoms with Gasteiger partial charge in [-0.2, -0.15) is 11.8 Å². The van der Waals surface area contributed by atoms with Crippen LogP contribution in [-0.2, 0) is 4.74 Å². The van der Waals surface area contributed by atoms with Gasteiger partial charge in [0.15, 0.2) is 0 Å². The van der Waals surface area contributed by atoms with E-state index in [4.69, 9.17) is 10.5 Å². The van der Waals surface area contributed by atoms with Crippen molar-refractivity contribution in [2.45, 2.75) is 19.4 Å². The van der Waals surface area contributed by atoms with E-state index in [0.29, 0.717) is 6.04 Å². The van der Waals surface area contributed by atoms with Crippen molar-refractivity contribution in [1.29, 1.82) is 0 Å². The molecule has 0 bridgehead atoms. The Morgan fingerprint density at radius 2 is 2.14 bits per heavy atom. The number of morpholine rings is 1. The fourth-order valence-corrected chi connectivity index (χ4v) is 2.48. The number of ether oxygens (including phenoxy) is 1. The average molecular weight is 218 g/mol. The summed E-state index contributed by atoms with van der Waals surface area (Å²) >= 11 is 2.00. The highest BCUT2D eigenvalue weighted by atomic mass is 32.2. The summed E-state index contributed by atoms with van der Waals surface area (Å²) < 4.78 is 5.33. The lowest BCUT2D eigenvalue weighted by Gasteiger charge is -2.33. The Morgan fingerprint density at radius 3 is 2.71 bits per heavy atom. The number of thioether (sulfide) groups is 1. The Balaban J connectivity index is 2.21. The molecule has 0 aromatic carbocycles. The Hall–Kier alpha value is 0.230. The van der Waals surface area contributed by atoms with Gasteiger partial charge in [-0.05, 0) is 17.9 Å². The Morgan fingerprint density at radius 1 is 1.43 bits per heavy atom. The van der Waals surface area contributed by atoms with E-state index in [0.717, 1.165) is 32.8 Å². The third kappa shape index (κ3) is 4.17. The fourth-order valence-electron chi connectivity index (χ4n) is 1.76. The second-order valence-electron chi connectivity index (χ2n) is 3.52. The van der Waals surface area contributed by atoms with Crippen LogP contribution >= 0.6 is 11.8 Å². The summed E-state index contributed by atoms with van der Waals surface area (Å²) in [4.78, 5) is 2.47. The van der Waals surface area contributed by atoms with Crippen molar-refractivity contribution in [3.8, 4) is 0 Å². The van der Waals surface area contributed by atoms with Crippen molar-refractivity contribution in [2.75, 3.05) is 44.4 Å². The highest BCUT2D eigenvalue weighted by molar-refractivity contribution is 7.99. The second-order valence-corrected chi connectivity index (χ2v) is 4.92. The summed E-state index contributed by atoms with van der Waals surface area (Å²) in [5.74, 6) is 2.44. The number of hydrogen-bond acceptors (Lipinski definition) is 4. The van der Waals surface area contributed by atoms with Gasteiger partial charge >= 0.3 is 0 Å². The van der Waals surface area contributed by atoms with Gasteiger partial charge in [-0.1, -0.05) is 6.92 Å². The molecule has 1 rings (SSSR count). The highest BCUT2D eigenvalue weighted by Crippen LogP contribution is 2.10. The SMILES string of the molecule is CCSCCC(CN)N1CCOCC1. The molecule has 0 saturated carbocycles. The van der Waals surface area contributed by atoms with Crippen LogP contribution in [0.15, 0.2) is 0 Å². The minimum Gasteiger partial charge on any atom is -0.379 e. The maximum absolute atomic E-state index is 5.79. The van der Waals surface area contributed by atoms with Crippen molar-refractivity contribution in [2.24, 2.45) is 5.73 Å². The second kappa shape index (κ2) is 7.51. The molecule has 2 N–H and O–H groups in total. The molecule has 1 aliphatic rings. The van der Waals surface area contributed by atoms with E-state index in [2.05, 4.69) is 11.8 Å². The van der Waals surface area contributed by atoms with Crippen LogP contribution in [0.1, 0.15) is 13.3 Å². The molecule has 0 aliphatic carbocycles. The maximum Gasteiger partial charge on any atom is 0.0594 e. The van der Waals surface area contributed by atoms with Crippen LogP contribution in [0.2, 0.25) is 0 Å². The van der Waals surface area contributed by atoms with Crippen molar-refractivity contribution in [3.05, 3.63) is 0 Å². The quantitative estimate of drug-likeness (QED) is 0.669. The lowest BCUT2D eigenvalue weighted by molar-refractivity contribution is 0.0178. The van der Waals surface area contributed by atoms with E-state index >= 15 is 0 Å². The first kappa shape index (κ1) is 12.3. The molecular weight excluding hydrogens is 196 g/mol. The van der Waals surface area contributed by atoms with Gasteiger partial charge in [0.25, 0.3) is 0 Å². The highest BCUT2D eigenvalue weighted by Gasteiger charge is 2.18. The van der Waals surface area contributed by atoms with Gasteiger partial charge in [-0.25, -0.2) is 0 Å². The number of nitrogens with two attached hydrogens (primary N) is 1. The Labute approximate surface area is 91.4 Å². The summed E-state index contributed by atoms with van der Waals surface area (Å²) in [6.07, 6.45) is 1.22. The molecule has 3 nitrogen and oxygen atoms in total. The van der Waals surface area contributed by atoms with E-state index in [1.165, 1.54) is 17.9 Å². The van der Waals surface area contributed by atoms with Crippen LogP contribution in [0.5, 0.6) is 0 Å². The first-order chi connectivity index (χ1) is 6.88. The van der Waals surface area contributed by atoms with Crippen molar-refractivity contribution in [1.82, 2.24) is 4.90 Å². The minimum absolute atomic E-state index is 0.568. The summed E-state index contributed by atoms with van der Waals surface area (Å²) in [7, 11) is 0. The predicted octanol–water partition coefficient (Wildman–Crippen LogP) is 0.789. The molecule has 1 saturated heterocycles. The summed E-state index contributed by atoms with van der Waals surface area (Å²) in [5, 5.41) is 0. The maximum atomic E-state index is 5.79. The smallest absolute Gasteiger partial charge is 0.0594 e. The summed E-state index contributed by atoms with van der Waals surface area (Å²) in [6.45, 7) is 6.84. The van der Waals surface area contributed by atoms with Crippen LogP contribution < -0.4 is 5.73 Å². The zero-order valence-electron chi connectivity index (χ0n) is 9.08. The molecule has 1 heterocycles. The molecule has 14 heavy (non-hydrogen) atoms. The van der Waals surface area contributed by atoms with Crippen LogP contribution in [0, 0.1) is 0 Å². The number of rotatable bonds is 6.